The van der Waals surface area contributed by atoms with Crippen molar-refractivity contribution in [3.05, 3.63) is 0 Å². The number of likely N-dealkylation sites (N-methyl/N-ethyl adjacent to an activating group) is 1. The fourth-order valence-corrected chi connectivity index (χ4v) is 1.69. The number of nitrogens with one attached hydrogen (secondary N) is 2. The molecular formula is C11H21N3O4. The highest BCUT2D eigenvalue weighted by molar-refractivity contribution is 5.76. The molecule has 0 aliphatic heterocycles. The molecule has 2 amide bonds. The molecule has 1 saturated carbocycles. The van der Waals surface area contributed by atoms with E-state index in [1.807, 2.05) is 0 Å². The normalized spacial score (nSPS) is 16.4. The minimum atomic E-state index is -1.56. The Labute approximate surface area is 106 Å². The smallest absolute Gasteiger partial charge is 0.334 e. The molecule has 7 heteroatoms. The summed E-state index contributed by atoms with van der Waals surface area (Å²) in [6.45, 7) is 4.06. The highest BCUT2D eigenvalue weighted by Crippen LogP contribution is 2.25. The first-order valence-corrected chi connectivity index (χ1v) is 6.21. The lowest BCUT2D eigenvalue weighted by Gasteiger charge is -2.19. The Morgan fingerprint density at radius 2 is 2.06 bits per heavy atom. The van der Waals surface area contributed by atoms with Gasteiger partial charge in [-0.1, -0.05) is 6.92 Å². The Morgan fingerprint density at radius 3 is 2.56 bits per heavy atom. The average molecular weight is 259 g/mol. The molecule has 1 rings (SSSR count). The molecule has 0 bridgehead atoms. The minimum Gasteiger partial charge on any atom is -0.479 e. The van der Waals surface area contributed by atoms with Gasteiger partial charge in [0.15, 0.2) is 6.10 Å². The van der Waals surface area contributed by atoms with Crippen LogP contribution in [-0.4, -0.2) is 65.4 Å². The Morgan fingerprint density at radius 1 is 1.39 bits per heavy atom. The largest absolute Gasteiger partial charge is 0.479 e. The molecule has 0 heterocycles. The molecule has 18 heavy (non-hydrogen) atoms. The molecule has 7 nitrogen and oxygen atoms in total. The number of carbonyl (C=O) groups is 2. The van der Waals surface area contributed by atoms with Gasteiger partial charge in [0, 0.05) is 19.1 Å². The van der Waals surface area contributed by atoms with Gasteiger partial charge < -0.3 is 20.8 Å². The van der Waals surface area contributed by atoms with Crippen molar-refractivity contribution in [2.75, 3.05) is 26.2 Å². The van der Waals surface area contributed by atoms with E-state index < -0.39 is 18.1 Å². The summed E-state index contributed by atoms with van der Waals surface area (Å²) in [5, 5.41) is 22.3. The summed E-state index contributed by atoms with van der Waals surface area (Å²) < 4.78 is 0. The van der Waals surface area contributed by atoms with Crippen molar-refractivity contribution in [2.45, 2.75) is 31.9 Å². The van der Waals surface area contributed by atoms with Gasteiger partial charge in [-0.15, -0.1) is 0 Å². The average Bonchev–Trinajstić information content (AvgIpc) is 3.15. The standard InChI is InChI=1S/C11H21N3O4/c1-2-14(8-3-4-8)6-5-12-11(18)13-7-9(15)10(16)17/h8-9,15H,2-7H2,1H3,(H,16,17)(H2,12,13,18)/t9-/m0/s1. The number of amides is 2. The van der Waals surface area contributed by atoms with E-state index in [2.05, 4.69) is 22.5 Å². The second kappa shape index (κ2) is 7.17. The highest BCUT2D eigenvalue weighted by Gasteiger charge is 2.27. The van der Waals surface area contributed by atoms with Gasteiger partial charge in [-0.25, -0.2) is 9.59 Å². The summed E-state index contributed by atoms with van der Waals surface area (Å²) >= 11 is 0. The van der Waals surface area contributed by atoms with Crippen molar-refractivity contribution in [3.8, 4) is 0 Å². The summed E-state index contributed by atoms with van der Waals surface area (Å²) in [5.41, 5.74) is 0. The maximum atomic E-state index is 11.3. The molecule has 4 N–H and O–H groups in total. The molecule has 104 valence electrons. The van der Waals surface area contributed by atoms with Crippen molar-refractivity contribution in [3.63, 3.8) is 0 Å². The molecule has 1 atom stereocenters. The van der Waals surface area contributed by atoms with E-state index in [0.29, 0.717) is 12.6 Å². The van der Waals surface area contributed by atoms with Crippen LogP contribution < -0.4 is 10.6 Å². The highest BCUT2D eigenvalue weighted by atomic mass is 16.4. The third-order valence-electron chi connectivity index (χ3n) is 2.90. The molecule has 1 aliphatic rings. The van der Waals surface area contributed by atoms with Crippen molar-refractivity contribution in [1.29, 1.82) is 0 Å². The molecule has 0 aromatic carbocycles. The SMILES string of the molecule is CCN(CCNC(=O)NC[C@H](O)C(=O)O)C1CC1. The molecule has 1 aliphatic carbocycles. The van der Waals surface area contributed by atoms with Crippen LogP contribution >= 0.6 is 0 Å². The van der Waals surface area contributed by atoms with Crippen molar-refractivity contribution in [2.24, 2.45) is 0 Å². The molecule has 0 radical (unpaired) electrons. The number of hydrogen-bond donors (Lipinski definition) is 4. The number of carbonyl (C=O) groups excluding carboxylic acids is 1. The van der Waals surface area contributed by atoms with E-state index in [4.69, 9.17) is 10.2 Å². The van der Waals surface area contributed by atoms with Crippen LogP contribution in [0.25, 0.3) is 0 Å². The molecule has 1 fully saturated rings. The summed E-state index contributed by atoms with van der Waals surface area (Å²) in [6.07, 6.45) is 0.893. The number of carboxylic acid groups (broad SMARTS) is 1. The van der Waals surface area contributed by atoms with Crippen LogP contribution in [0, 0.1) is 0 Å². The number of rotatable bonds is 8. The molecule has 0 saturated heterocycles. The minimum absolute atomic E-state index is 0.290. The number of carboxylic acids is 1. The van der Waals surface area contributed by atoms with Crippen LogP contribution in [0.5, 0.6) is 0 Å². The summed E-state index contributed by atoms with van der Waals surface area (Å²) in [7, 11) is 0. The first-order chi connectivity index (χ1) is 8.54. The molecule has 0 unspecified atom stereocenters. The number of nitrogens with zero attached hydrogens (tertiary/aromatic N) is 1. The quantitative estimate of drug-likeness (QED) is 0.458. The van der Waals surface area contributed by atoms with Crippen LogP contribution in [0.2, 0.25) is 0 Å². The third-order valence-corrected chi connectivity index (χ3v) is 2.90. The van der Waals surface area contributed by atoms with E-state index in [9.17, 15) is 9.59 Å². The van der Waals surface area contributed by atoms with Gasteiger partial charge in [0.1, 0.15) is 0 Å². The fourth-order valence-electron chi connectivity index (χ4n) is 1.69. The fraction of sp³-hybridized carbons (Fsp3) is 0.818. The second-order valence-corrected chi connectivity index (χ2v) is 4.35. The zero-order chi connectivity index (χ0) is 13.5. The van der Waals surface area contributed by atoms with E-state index in [1.165, 1.54) is 12.8 Å². The third kappa shape index (κ3) is 5.33. The first kappa shape index (κ1) is 14.7. The van der Waals surface area contributed by atoms with Gasteiger partial charge >= 0.3 is 12.0 Å². The van der Waals surface area contributed by atoms with Gasteiger partial charge in [0.25, 0.3) is 0 Å². The summed E-state index contributed by atoms with van der Waals surface area (Å²) in [6, 6.07) is 0.204. The Kier molecular flexibility index (Phi) is 5.87. The second-order valence-electron chi connectivity index (χ2n) is 4.35. The molecular weight excluding hydrogens is 238 g/mol. The molecule has 0 aromatic rings. The monoisotopic (exact) mass is 259 g/mol. The van der Waals surface area contributed by atoms with E-state index in [1.54, 1.807) is 0 Å². The summed E-state index contributed by atoms with van der Waals surface area (Å²) in [4.78, 5) is 23.9. The van der Waals surface area contributed by atoms with E-state index >= 15 is 0 Å². The zero-order valence-corrected chi connectivity index (χ0v) is 10.6. The van der Waals surface area contributed by atoms with Gasteiger partial charge in [0.05, 0.1) is 6.54 Å². The van der Waals surface area contributed by atoms with Gasteiger partial charge in [-0.05, 0) is 19.4 Å². The lowest BCUT2D eigenvalue weighted by Crippen LogP contribution is -2.44. The van der Waals surface area contributed by atoms with Crippen molar-refractivity contribution in [1.82, 2.24) is 15.5 Å². The first-order valence-electron chi connectivity index (χ1n) is 6.21. The van der Waals surface area contributed by atoms with Crippen LogP contribution in [0.15, 0.2) is 0 Å². The maximum Gasteiger partial charge on any atom is 0.334 e. The number of urea groups is 1. The Hall–Kier alpha value is -1.34. The predicted octanol–water partition coefficient (Wildman–Crippen LogP) is -0.785. The number of aliphatic carboxylic acids is 1. The summed E-state index contributed by atoms with van der Waals surface area (Å²) in [5.74, 6) is -1.35. The van der Waals surface area contributed by atoms with Crippen LogP contribution in [0.4, 0.5) is 4.79 Å². The van der Waals surface area contributed by atoms with Crippen LogP contribution in [-0.2, 0) is 4.79 Å². The molecule has 0 spiro atoms. The van der Waals surface area contributed by atoms with Gasteiger partial charge in [0.2, 0.25) is 0 Å². The number of hydrogen-bond acceptors (Lipinski definition) is 4. The topological polar surface area (TPSA) is 102 Å². The predicted molar refractivity (Wildman–Crippen MR) is 65.3 cm³/mol. The Balaban J connectivity index is 2.07. The number of aliphatic hydroxyl groups is 1. The lowest BCUT2D eigenvalue weighted by molar-refractivity contribution is -0.146. The van der Waals surface area contributed by atoms with Crippen molar-refractivity contribution < 1.29 is 19.8 Å². The van der Waals surface area contributed by atoms with Crippen LogP contribution in [0.3, 0.4) is 0 Å². The van der Waals surface area contributed by atoms with E-state index in [-0.39, 0.29) is 6.54 Å². The van der Waals surface area contributed by atoms with E-state index in [0.717, 1.165) is 13.1 Å². The maximum absolute atomic E-state index is 11.3. The van der Waals surface area contributed by atoms with Gasteiger partial charge in [-0.2, -0.15) is 0 Å². The molecule has 0 aromatic heterocycles. The van der Waals surface area contributed by atoms with Crippen molar-refractivity contribution >= 4 is 12.0 Å². The lowest BCUT2D eigenvalue weighted by atomic mass is 10.4. The van der Waals surface area contributed by atoms with Crippen LogP contribution in [0.1, 0.15) is 19.8 Å². The van der Waals surface area contributed by atoms with Gasteiger partial charge in [-0.3, -0.25) is 4.90 Å². The zero-order valence-electron chi connectivity index (χ0n) is 10.6. The number of aliphatic hydroxyl groups excluding tert-OH is 1. The Bertz CT molecular complexity index is 294.